The molecular formula is C17H24F2N4O3. The molecule has 0 unspecified atom stereocenters. The first-order valence-corrected chi connectivity index (χ1v) is 8.06. The Morgan fingerprint density at radius 3 is 2.27 bits per heavy atom. The number of rotatable bonds is 9. The molecule has 0 aliphatic heterocycles. The number of carbonyl (C=O) groups excluding carboxylic acids is 3. The monoisotopic (exact) mass is 370 g/mol. The molecule has 0 aliphatic carbocycles. The Balaban J connectivity index is 2.68. The molecule has 9 heteroatoms. The van der Waals surface area contributed by atoms with Crippen LogP contribution in [0.2, 0.25) is 0 Å². The quantitative estimate of drug-likeness (QED) is 0.646. The maximum absolute atomic E-state index is 13.4. The van der Waals surface area contributed by atoms with Gasteiger partial charge in [0.2, 0.25) is 17.7 Å². The fourth-order valence-electron chi connectivity index (χ4n) is 2.02. The van der Waals surface area contributed by atoms with Gasteiger partial charge in [0.1, 0.15) is 0 Å². The van der Waals surface area contributed by atoms with Crippen molar-refractivity contribution in [3.8, 4) is 0 Å². The molecule has 2 N–H and O–H groups in total. The van der Waals surface area contributed by atoms with Crippen molar-refractivity contribution in [3.63, 3.8) is 0 Å². The van der Waals surface area contributed by atoms with Crippen LogP contribution in [0.15, 0.2) is 18.2 Å². The number of nitrogens with zero attached hydrogens (tertiary/aromatic N) is 2. The molecule has 1 aromatic rings. The van der Waals surface area contributed by atoms with Crippen molar-refractivity contribution >= 4 is 17.7 Å². The summed E-state index contributed by atoms with van der Waals surface area (Å²) < 4.78 is 26.4. The molecule has 0 spiro atoms. The van der Waals surface area contributed by atoms with Gasteiger partial charge in [-0.3, -0.25) is 14.4 Å². The van der Waals surface area contributed by atoms with Crippen LogP contribution in [0, 0.1) is 11.6 Å². The van der Waals surface area contributed by atoms with Gasteiger partial charge in [0, 0.05) is 26.6 Å². The summed E-state index contributed by atoms with van der Waals surface area (Å²) in [6.45, 7) is 1.81. The van der Waals surface area contributed by atoms with E-state index < -0.39 is 17.5 Å². The van der Waals surface area contributed by atoms with E-state index in [2.05, 4.69) is 10.6 Å². The second-order valence-corrected chi connectivity index (χ2v) is 6.05. The molecule has 0 heterocycles. The van der Waals surface area contributed by atoms with Crippen LogP contribution in [0.5, 0.6) is 0 Å². The highest BCUT2D eigenvalue weighted by Crippen LogP contribution is 2.11. The van der Waals surface area contributed by atoms with Crippen LogP contribution in [0.4, 0.5) is 8.78 Å². The number of likely N-dealkylation sites (N-methyl/N-ethyl adjacent to an activating group) is 1. The number of halogens is 2. The maximum Gasteiger partial charge on any atom is 0.242 e. The van der Waals surface area contributed by atoms with Crippen LogP contribution in [0.25, 0.3) is 0 Å². The standard InChI is InChI=1S/C17H24F2N4O3/c1-12(24)20-9-16(25)21-10-17(26)23(7-6-22(2)3)11-13-4-5-14(18)15(19)8-13/h4-5,8H,6-7,9-11H2,1-3H3,(H,20,24)(H,21,25). The van der Waals surface area contributed by atoms with Crippen molar-refractivity contribution in [2.24, 2.45) is 0 Å². The first kappa shape index (κ1) is 21.5. The SMILES string of the molecule is CC(=O)NCC(=O)NCC(=O)N(CCN(C)C)Cc1ccc(F)c(F)c1. The van der Waals surface area contributed by atoms with Gasteiger partial charge < -0.3 is 20.4 Å². The predicted octanol–water partition coefficient (Wildman–Crippen LogP) is 0.107. The summed E-state index contributed by atoms with van der Waals surface area (Å²) >= 11 is 0. The van der Waals surface area contributed by atoms with E-state index in [0.717, 1.165) is 12.1 Å². The van der Waals surface area contributed by atoms with Crippen LogP contribution < -0.4 is 10.6 Å². The third-order valence-electron chi connectivity index (χ3n) is 3.46. The number of hydrogen-bond acceptors (Lipinski definition) is 4. The number of carbonyl (C=O) groups is 3. The summed E-state index contributed by atoms with van der Waals surface area (Å²) in [5.41, 5.74) is 0.445. The van der Waals surface area contributed by atoms with E-state index in [1.54, 1.807) is 0 Å². The van der Waals surface area contributed by atoms with Gasteiger partial charge in [-0.15, -0.1) is 0 Å². The summed E-state index contributed by atoms with van der Waals surface area (Å²) in [6, 6.07) is 3.46. The number of hydrogen-bond donors (Lipinski definition) is 2. The zero-order chi connectivity index (χ0) is 19.7. The lowest BCUT2D eigenvalue weighted by Gasteiger charge is -2.25. The van der Waals surface area contributed by atoms with Crippen LogP contribution in [-0.4, -0.2) is 67.8 Å². The largest absolute Gasteiger partial charge is 0.347 e. The second-order valence-electron chi connectivity index (χ2n) is 6.05. The van der Waals surface area contributed by atoms with Crippen molar-refractivity contribution in [1.29, 1.82) is 0 Å². The van der Waals surface area contributed by atoms with Crippen molar-refractivity contribution in [3.05, 3.63) is 35.4 Å². The summed E-state index contributed by atoms with van der Waals surface area (Å²) in [7, 11) is 3.69. The first-order chi connectivity index (χ1) is 12.2. The Labute approximate surface area is 151 Å². The Hall–Kier alpha value is -2.55. The number of benzene rings is 1. The van der Waals surface area contributed by atoms with Crippen LogP contribution >= 0.6 is 0 Å². The first-order valence-electron chi connectivity index (χ1n) is 8.06. The topological polar surface area (TPSA) is 81.8 Å². The van der Waals surface area contributed by atoms with E-state index in [0.29, 0.717) is 18.7 Å². The lowest BCUT2D eigenvalue weighted by atomic mass is 10.2. The zero-order valence-electron chi connectivity index (χ0n) is 15.1. The molecule has 1 aromatic carbocycles. The summed E-state index contributed by atoms with van der Waals surface area (Å²) in [4.78, 5) is 38.1. The van der Waals surface area contributed by atoms with Gasteiger partial charge in [-0.1, -0.05) is 6.07 Å². The molecule has 3 amide bonds. The molecule has 0 aliphatic rings. The third-order valence-corrected chi connectivity index (χ3v) is 3.46. The van der Waals surface area contributed by atoms with Crippen molar-refractivity contribution in [2.75, 3.05) is 40.3 Å². The highest BCUT2D eigenvalue weighted by atomic mass is 19.2. The smallest absolute Gasteiger partial charge is 0.242 e. The Kier molecular flexibility index (Phi) is 8.63. The van der Waals surface area contributed by atoms with Gasteiger partial charge in [-0.2, -0.15) is 0 Å². The Bertz CT molecular complexity index is 653. The predicted molar refractivity (Wildman–Crippen MR) is 92.0 cm³/mol. The Morgan fingerprint density at radius 2 is 1.69 bits per heavy atom. The van der Waals surface area contributed by atoms with E-state index >= 15 is 0 Å². The molecular weight excluding hydrogens is 346 g/mol. The minimum atomic E-state index is -0.980. The van der Waals surface area contributed by atoms with E-state index in [4.69, 9.17) is 0 Å². The summed E-state index contributed by atoms with van der Waals surface area (Å²) in [5, 5.41) is 4.75. The average molecular weight is 370 g/mol. The van der Waals surface area contributed by atoms with E-state index in [9.17, 15) is 23.2 Å². The second kappa shape index (κ2) is 10.4. The van der Waals surface area contributed by atoms with E-state index in [1.165, 1.54) is 17.9 Å². The molecule has 7 nitrogen and oxygen atoms in total. The molecule has 0 aromatic heterocycles. The fourth-order valence-corrected chi connectivity index (χ4v) is 2.02. The van der Waals surface area contributed by atoms with Crippen molar-refractivity contribution in [1.82, 2.24) is 20.4 Å². The Morgan fingerprint density at radius 1 is 1.00 bits per heavy atom. The maximum atomic E-state index is 13.4. The fraction of sp³-hybridized carbons (Fsp3) is 0.471. The number of nitrogens with one attached hydrogen (secondary N) is 2. The zero-order valence-corrected chi connectivity index (χ0v) is 15.1. The van der Waals surface area contributed by atoms with Crippen molar-refractivity contribution < 1.29 is 23.2 Å². The molecule has 0 bridgehead atoms. The summed E-state index contributed by atoms with van der Waals surface area (Å²) in [6.07, 6.45) is 0. The van der Waals surface area contributed by atoms with E-state index in [-0.39, 0.29) is 31.4 Å². The van der Waals surface area contributed by atoms with Gasteiger partial charge in [0.25, 0.3) is 0 Å². The van der Waals surface area contributed by atoms with Gasteiger partial charge in [0.05, 0.1) is 13.1 Å². The molecule has 1 rings (SSSR count). The van der Waals surface area contributed by atoms with Gasteiger partial charge >= 0.3 is 0 Å². The molecule has 0 saturated carbocycles. The highest BCUT2D eigenvalue weighted by molar-refractivity contribution is 5.87. The molecule has 0 atom stereocenters. The van der Waals surface area contributed by atoms with Gasteiger partial charge in [0.15, 0.2) is 11.6 Å². The van der Waals surface area contributed by atoms with Crippen LogP contribution in [0.1, 0.15) is 12.5 Å². The molecule has 0 fully saturated rings. The minimum absolute atomic E-state index is 0.0887. The average Bonchev–Trinajstić information content (AvgIpc) is 2.57. The highest BCUT2D eigenvalue weighted by Gasteiger charge is 2.16. The van der Waals surface area contributed by atoms with Gasteiger partial charge in [-0.25, -0.2) is 8.78 Å². The van der Waals surface area contributed by atoms with Crippen LogP contribution in [-0.2, 0) is 20.9 Å². The van der Waals surface area contributed by atoms with Crippen LogP contribution in [0.3, 0.4) is 0 Å². The lowest BCUT2D eigenvalue weighted by Crippen LogP contribution is -2.44. The minimum Gasteiger partial charge on any atom is -0.347 e. The normalized spacial score (nSPS) is 10.5. The molecule has 144 valence electrons. The van der Waals surface area contributed by atoms with Gasteiger partial charge in [-0.05, 0) is 31.8 Å². The molecule has 0 saturated heterocycles. The van der Waals surface area contributed by atoms with Crippen molar-refractivity contribution in [2.45, 2.75) is 13.5 Å². The summed E-state index contributed by atoms with van der Waals surface area (Å²) in [5.74, 6) is -3.14. The molecule has 0 radical (unpaired) electrons. The number of amides is 3. The molecule has 26 heavy (non-hydrogen) atoms. The third kappa shape index (κ3) is 8.02. The van der Waals surface area contributed by atoms with E-state index in [1.807, 2.05) is 19.0 Å². The lowest BCUT2D eigenvalue weighted by molar-refractivity contribution is -0.133.